The van der Waals surface area contributed by atoms with Crippen molar-refractivity contribution in [3.63, 3.8) is 0 Å². The van der Waals surface area contributed by atoms with Crippen LogP contribution in [0.15, 0.2) is 12.2 Å². The lowest BCUT2D eigenvalue weighted by Crippen LogP contribution is -2.48. The van der Waals surface area contributed by atoms with Gasteiger partial charge in [0.15, 0.2) is 20.0 Å². The first-order valence-corrected chi connectivity index (χ1v) is 13.0. The largest absolute Gasteiger partial charge is 0.467 e. The first-order chi connectivity index (χ1) is 16.2. The van der Waals surface area contributed by atoms with E-state index in [1.807, 2.05) is 0 Å². The molecule has 0 aromatic carbocycles. The van der Waals surface area contributed by atoms with Crippen LogP contribution in [0.25, 0.3) is 4.13 Å². The Morgan fingerprint density at radius 2 is 1.11 bits per heavy atom. The fourth-order valence-electron chi connectivity index (χ4n) is 2.43. The molecule has 222 valence electrons. The second kappa shape index (κ2) is 12.9. The van der Waals surface area contributed by atoms with Gasteiger partial charge in [-0.05, 0) is 27.7 Å². The van der Waals surface area contributed by atoms with Crippen molar-refractivity contribution in [2.75, 3.05) is 32.7 Å². The van der Waals surface area contributed by atoms with Crippen LogP contribution in [0.2, 0.25) is 0 Å². The molecule has 0 unspecified atom stereocenters. The summed E-state index contributed by atoms with van der Waals surface area (Å²) in [6.45, 7) is 17.5. The lowest BCUT2D eigenvalue weighted by molar-refractivity contribution is -0.923. The second-order valence-corrected chi connectivity index (χ2v) is 11.0. The highest BCUT2D eigenvalue weighted by molar-refractivity contribution is 8.13. The molecule has 20 heteroatoms. The van der Waals surface area contributed by atoms with Crippen LogP contribution in [0, 0.1) is 0 Å². The van der Waals surface area contributed by atoms with Gasteiger partial charge in [0.1, 0.15) is 0 Å². The van der Waals surface area contributed by atoms with E-state index in [4.69, 9.17) is 0 Å². The van der Waals surface area contributed by atoms with Gasteiger partial charge in [-0.3, -0.25) is 4.79 Å². The van der Waals surface area contributed by atoms with Crippen LogP contribution in [-0.2, 0) is 24.8 Å². The lowest BCUT2D eigenvalue weighted by atomic mass is 10.2. The molecule has 0 fully saturated rings. The van der Waals surface area contributed by atoms with Gasteiger partial charge < -0.3 is 13.9 Å². The van der Waals surface area contributed by atoms with Crippen molar-refractivity contribution in [3.8, 4) is 0 Å². The van der Waals surface area contributed by atoms with Gasteiger partial charge in [0.25, 0.3) is 0 Å². The fraction of sp³-hybridized carbons (Fsp3) is 0.824. The second-order valence-electron chi connectivity index (χ2n) is 7.46. The van der Waals surface area contributed by atoms with Gasteiger partial charge in [0.2, 0.25) is 5.91 Å². The van der Waals surface area contributed by atoms with E-state index in [0.717, 1.165) is 24.0 Å². The van der Waals surface area contributed by atoms with E-state index < -0.39 is 42.9 Å². The summed E-state index contributed by atoms with van der Waals surface area (Å²) in [5, 5.41) is -11.1. The summed E-state index contributed by atoms with van der Waals surface area (Å²) in [7, 11) is -15.2. The SMILES string of the molecule is C=C(C)C(=O)NCCC[N+](CC)(CC)CC.O=S(=O)([N-]S(=O)(=O)C(F)(F)C(F)(F)F)C(F)(F)C(F)(F)F. The number of amides is 1. The number of quaternary nitrogens is 1. The van der Waals surface area contributed by atoms with E-state index in [1.165, 1.54) is 19.6 Å². The summed E-state index contributed by atoms with van der Waals surface area (Å²) in [6.07, 6.45) is -13.0. The van der Waals surface area contributed by atoms with Crippen molar-refractivity contribution in [2.45, 2.75) is 57.0 Å². The van der Waals surface area contributed by atoms with Crippen LogP contribution in [-0.4, -0.2) is 82.8 Å². The van der Waals surface area contributed by atoms with E-state index >= 15 is 0 Å². The maximum Gasteiger partial charge on any atom is 0.467 e. The van der Waals surface area contributed by atoms with Crippen molar-refractivity contribution >= 4 is 26.0 Å². The Morgan fingerprint density at radius 3 is 1.35 bits per heavy atom. The molecule has 8 nitrogen and oxygen atoms in total. The molecule has 0 radical (unpaired) electrons. The van der Waals surface area contributed by atoms with Crippen LogP contribution < -0.4 is 5.32 Å². The van der Waals surface area contributed by atoms with E-state index in [9.17, 15) is 65.5 Å². The molecule has 0 aliphatic rings. The van der Waals surface area contributed by atoms with Gasteiger partial charge in [0.05, 0.1) is 26.2 Å². The Morgan fingerprint density at radius 1 is 0.784 bits per heavy atom. The van der Waals surface area contributed by atoms with Gasteiger partial charge in [-0.25, -0.2) is 16.8 Å². The number of carbonyl (C=O) groups excluding carboxylic acids is 1. The molecule has 0 spiro atoms. The number of nitrogens with one attached hydrogen (secondary N) is 1. The number of carbonyl (C=O) groups is 1. The normalized spacial score (nSPS) is 14.0. The number of halogens is 10. The molecule has 0 aromatic rings. The Bertz CT molecular complexity index is 928. The molecule has 0 atom stereocenters. The van der Waals surface area contributed by atoms with Crippen molar-refractivity contribution in [1.29, 1.82) is 0 Å². The molecule has 1 amide bonds. The van der Waals surface area contributed by atoms with Crippen molar-refractivity contribution < 1.29 is 70.0 Å². The van der Waals surface area contributed by atoms with E-state index in [2.05, 4.69) is 32.7 Å². The number of sulfonamides is 2. The Hall–Kier alpha value is -1.67. The molecule has 0 saturated heterocycles. The summed E-state index contributed by atoms with van der Waals surface area (Å²) in [5.41, 5.74) is 0.585. The molecular formula is C17H27F10N3O5S2. The molecule has 0 aromatic heterocycles. The maximum atomic E-state index is 12.3. The van der Waals surface area contributed by atoms with Crippen LogP contribution in [0.3, 0.4) is 0 Å². The minimum Gasteiger partial charge on any atom is -0.425 e. The first kappa shape index (κ1) is 37.5. The Kier molecular flexibility index (Phi) is 13.1. The monoisotopic (exact) mass is 607 g/mol. The maximum absolute atomic E-state index is 12.3. The van der Waals surface area contributed by atoms with E-state index in [0.29, 0.717) is 9.70 Å². The zero-order valence-corrected chi connectivity index (χ0v) is 21.6. The molecule has 0 heterocycles. The molecule has 0 saturated carbocycles. The standard InChI is InChI=1S/C13H26N2O.C4F10NO4S2/c1-6-15(7-2,8-3)11-9-10-14-13(16)12(4)5;5-1(6,7)3(11,12)20(16,17)15-21(18,19)4(13,14)2(8,9)10/h4,6-11H2,1-3,5H3;/q;-1/p+1. The highest BCUT2D eigenvalue weighted by Crippen LogP contribution is 2.47. The van der Waals surface area contributed by atoms with Crippen molar-refractivity contribution in [1.82, 2.24) is 5.32 Å². The van der Waals surface area contributed by atoms with Crippen LogP contribution in [0.4, 0.5) is 43.9 Å². The average molecular weight is 608 g/mol. The van der Waals surface area contributed by atoms with Crippen LogP contribution in [0.5, 0.6) is 0 Å². The smallest absolute Gasteiger partial charge is 0.425 e. The summed E-state index contributed by atoms with van der Waals surface area (Å²) in [4.78, 5) is 11.3. The van der Waals surface area contributed by atoms with Gasteiger partial charge in [-0.2, -0.15) is 43.9 Å². The molecule has 0 aliphatic carbocycles. The third-order valence-corrected chi connectivity index (χ3v) is 8.33. The fourth-order valence-corrected chi connectivity index (χ4v) is 4.80. The number of hydrogen-bond acceptors (Lipinski definition) is 5. The van der Waals surface area contributed by atoms with Gasteiger partial charge in [-0.15, -0.1) is 0 Å². The molecule has 1 N–H and O–H groups in total. The zero-order valence-electron chi connectivity index (χ0n) is 20.0. The van der Waals surface area contributed by atoms with Crippen LogP contribution >= 0.6 is 0 Å². The summed E-state index contributed by atoms with van der Waals surface area (Å²) < 4.78 is 162. The van der Waals surface area contributed by atoms with Gasteiger partial charge in [0, 0.05) is 18.5 Å². The minimum atomic E-state index is -7.62. The van der Waals surface area contributed by atoms with Gasteiger partial charge >= 0.3 is 22.9 Å². The van der Waals surface area contributed by atoms with Crippen molar-refractivity contribution in [3.05, 3.63) is 16.3 Å². The highest BCUT2D eigenvalue weighted by atomic mass is 32.3. The predicted molar refractivity (Wildman–Crippen MR) is 112 cm³/mol. The molecule has 37 heavy (non-hydrogen) atoms. The van der Waals surface area contributed by atoms with Gasteiger partial charge in [-0.1, -0.05) is 6.58 Å². The quantitative estimate of drug-likeness (QED) is 0.154. The topological polar surface area (TPSA) is 111 Å². The number of hydrogen-bond donors (Lipinski definition) is 1. The minimum absolute atomic E-state index is 0.0254. The van der Waals surface area contributed by atoms with E-state index in [1.54, 1.807) is 6.92 Å². The third-order valence-electron chi connectivity index (χ3n) is 5.00. The van der Waals surface area contributed by atoms with E-state index in [-0.39, 0.29) is 5.91 Å². The predicted octanol–water partition coefficient (Wildman–Crippen LogP) is 4.28. The first-order valence-electron chi connectivity index (χ1n) is 10.1. The highest BCUT2D eigenvalue weighted by Gasteiger charge is 2.68. The summed E-state index contributed by atoms with van der Waals surface area (Å²) in [6, 6.07) is 0. The lowest BCUT2D eigenvalue weighted by Gasteiger charge is -2.35. The Labute approximate surface area is 207 Å². The summed E-state index contributed by atoms with van der Waals surface area (Å²) in [5.74, 6) is -0.0254. The zero-order chi connectivity index (χ0) is 30.3. The summed E-state index contributed by atoms with van der Waals surface area (Å²) >= 11 is 0. The number of rotatable bonds is 12. The molecule has 0 rings (SSSR count). The van der Waals surface area contributed by atoms with Crippen LogP contribution in [0.1, 0.15) is 34.1 Å². The van der Waals surface area contributed by atoms with Crippen molar-refractivity contribution in [2.24, 2.45) is 0 Å². The number of nitrogens with zero attached hydrogens (tertiary/aromatic N) is 2. The Balaban J connectivity index is 0. The molecular weight excluding hydrogens is 580 g/mol. The number of alkyl halides is 10. The molecule has 0 bridgehead atoms. The third kappa shape index (κ3) is 9.54. The average Bonchev–Trinajstić information content (AvgIpc) is 2.72. The molecule has 0 aliphatic heterocycles.